The Kier molecular flexibility index (Phi) is 7.09. The number of aromatic nitrogens is 3. The first kappa shape index (κ1) is 24.1. The first-order valence-corrected chi connectivity index (χ1v) is 10.4. The van der Waals surface area contributed by atoms with Crippen LogP contribution in [-0.2, 0) is 27.6 Å². The third kappa shape index (κ3) is 4.78. The summed E-state index contributed by atoms with van der Waals surface area (Å²) in [6.07, 6.45) is 3.31. The topological polar surface area (TPSA) is 74.2 Å². The van der Waals surface area contributed by atoms with Gasteiger partial charge in [0.2, 0.25) is 11.8 Å². The summed E-state index contributed by atoms with van der Waals surface area (Å²) in [5.41, 5.74) is 2.43. The average molecular weight is 572 g/mol. The molecule has 6 nitrogen and oxygen atoms in total. The Morgan fingerprint density at radius 1 is 0.759 bits per heavy atom. The minimum absolute atomic E-state index is 0. The molecule has 0 fully saturated rings. The van der Waals surface area contributed by atoms with Crippen LogP contribution in [0.4, 0.5) is 0 Å². The molecule has 3 aromatic rings. The van der Waals surface area contributed by atoms with Crippen molar-refractivity contribution in [1.82, 2.24) is 15.0 Å². The van der Waals surface area contributed by atoms with Crippen LogP contribution < -0.4 is 4.74 Å². The molecule has 0 amide bonds. The summed E-state index contributed by atoms with van der Waals surface area (Å²) < 4.78 is 18.3. The molecule has 3 heterocycles. The quantitative estimate of drug-likeness (QED) is 0.356. The van der Waals surface area contributed by atoms with Gasteiger partial charge in [-0.2, -0.15) is 0 Å². The van der Waals surface area contributed by atoms with Crippen molar-refractivity contribution in [2.45, 2.75) is 52.4 Å². The molecule has 0 atom stereocenters. The fourth-order valence-corrected chi connectivity index (χ4v) is 3.94. The van der Waals surface area contributed by atoms with Gasteiger partial charge in [0.15, 0.2) is 5.75 Å². The van der Waals surface area contributed by atoms with E-state index in [0.29, 0.717) is 37.9 Å². The second-order valence-corrected chi connectivity index (χ2v) is 10.1. The third-order valence-corrected chi connectivity index (χ3v) is 5.66. The molecule has 0 unspecified atom stereocenters. The molecule has 0 aliphatic carbocycles. The molecule has 3 aromatic heterocycles. The van der Waals surface area contributed by atoms with Crippen LogP contribution in [-0.4, -0.2) is 22.1 Å². The van der Waals surface area contributed by atoms with E-state index in [2.05, 4.69) is 83.4 Å². The predicted octanol–water partition coefficient (Wildman–Crippen LogP) is 6.52. The normalized spacial score (nSPS) is 12.0. The van der Waals surface area contributed by atoms with Crippen molar-refractivity contribution in [3.63, 3.8) is 0 Å². The first-order chi connectivity index (χ1) is 12.9. The van der Waals surface area contributed by atoms with Crippen LogP contribution in [0.2, 0.25) is 0 Å². The Balaban J connectivity index is 0.00000300. The van der Waals surface area contributed by atoms with Gasteiger partial charge in [0, 0.05) is 27.6 Å². The van der Waals surface area contributed by atoms with Crippen molar-refractivity contribution < 1.29 is 30.3 Å². The molecule has 0 aliphatic heterocycles. The number of nitrogens with zero attached hydrogens (tertiary/aromatic N) is 3. The number of oxazole rings is 2. The minimum atomic E-state index is -0.138. The number of rotatable bonds is 3. The monoisotopic (exact) mass is 570 g/mol. The summed E-state index contributed by atoms with van der Waals surface area (Å²) in [5.74, 6) is 1.35. The van der Waals surface area contributed by atoms with E-state index in [1.165, 1.54) is 0 Å². The summed E-state index contributed by atoms with van der Waals surface area (Å²) >= 11 is 7.13. The minimum Gasteiger partial charge on any atom is -0.494 e. The van der Waals surface area contributed by atoms with Gasteiger partial charge < -0.3 is 13.6 Å². The maximum absolute atomic E-state index is 5.72. The van der Waals surface area contributed by atoms with E-state index < -0.39 is 0 Å². The smallest absolute Gasteiger partial charge is 0.246 e. The van der Waals surface area contributed by atoms with Gasteiger partial charge in [-0.15, -0.1) is 0 Å². The molecule has 9 heteroatoms. The van der Waals surface area contributed by atoms with Gasteiger partial charge in [-0.05, 0) is 31.9 Å². The Labute approximate surface area is 197 Å². The maximum Gasteiger partial charge on any atom is 0.246 e. The molecular weight excluding hydrogens is 549 g/mol. The predicted molar refractivity (Wildman–Crippen MR) is 115 cm³/mol. The van der Waals surface area contributed by atoms with Gasteiger partial charge in [-0.1, -0.05) is 41.5 Å². The number of pyridine rings is 1. The standard InChI is InChI=1S/C20H23Br2N3O3.Co/c1-19(2,3)10-8-27-17(23-10)14-12(21)16(26-7)13(22)15(25-14)18-24-11(9-28-18)20(4,5)6;/h8-9H,1-7H3;. The van der Waals surface area contributed by atoms with Crippen molar-refractivity contribution in [3.05, 3.63) is 32.9 Å². The third-order valence-electron chi connectivity index (χ3n) is 4.19. The number of hydrogen-bond acceptors (Lipinski definition) is 6. The Hall–Kier alpha value is -1.16. The van der Waals surface area contributed by atoms with E-state index in [9.17, 15) is 0 Å². The van der Waals surface area contributed by atoms with Crippen molar-refractivity contribution in [2.75, 3.05) is 7.11 Å². The van der Waals surface area contributed by atoms with Crippen molar-refractivity contribution in [2.24, 2.45) is 0 Å². The molecule has 159 valence electrons. The molecular formula is C20H23Br2CoN3O3. The second-order valence-electron chi connectivity index (χ2n) is 8.55. The van der Waals surface area contributed by atoms with E-state index in [-0.39, 0.29) is 27.6 Å². The summed E-state index contributed by atoms with van der Waals surface area (Å²) in [6.45, 7) is 12.4. The van der Waals surface area contributed by atoms with Crippen LogP contribution in [0.5, 0.6) is 5.75 Å². The van der Waals surface area contributed by atoms with Crippen LogP contribution in [0, 0.1) is 0 Å². The zero-order chi connectivity index (χ0) is 20.9. The number of ether oxygens (including phenoxy) is 1. The van der Waals surface area contributed by atoms with Gasteiger partial charge in [0.1, 0.15) is 23.9 Å². The summed E-state index contributed by atoms with van der Waals surface area (Å²) in [6, 6.07) is 0. The first-order valence-electron chi connectivity index (χ1n) is 8.79. The van der Waals surface area contributed by atoms with E-state index >= 15 is 0 Å². The molecule has 1 radical (unpaired) electrons. The summed E-state index contributed by atoms with van der Waals surface area (Å²) in [5, 5.41) is 0. The van der Waals surface area contributed by atoms with Crippen LogP contribution in [0.3, 0.4) is 0 Å². The molecule has 0 saturated heterocycles. The van der Waals surface area contributed by atoms with Crippen molar-refractivity contribution in [3.8, 4) is 28.9 Å². The number of hydrogen-bond donors (Lipinski definition) is 0. The molecule has 0 aliphatic rings. The van der Waals surface area contributed by atoms with Gasteiger partial charge in [0.05, 0.1) is 27.4 Å². The second kappa shape index (κ2) is 8.53. The molecule has 0 N–H and O–H groups in total. The average Bonchev–Trinajstić information content (AvgIpc) is 3.24. The zero-order valence-electron chi connectivity index (χ0n) is 17.3. The van der Waals surface area contributed by atoms with Crippen LogP contribution >= 0.6 is 31.9 Å². The molecule has 0 saturated carbocycles. The maximum atomic E-state index is 5.72. The van der Waals surface area contributed by atoms with Gasteiger partial charge in [-0.25, -0.2) is 15.0 Å². The van der Waals surface area contributed by atoms with E-state index in [4.69, 9.17) is 18.6 Å². The summed E-state index contributed by atoms with van der Waals surface area (Å²) in [7, 11) is 1.59. The zero-order valence-corrected chi connectivity index (χ0v) is 21.5. The Morgan fingerprint density at radius 2 is 1.14 bits per heavy atom. The number of halogens is 2. The molecule has 0 bridgehead atoms. The molecule has 0 aromatic carbocycles. The largest absolute Gasteiger partial charge is 0.494 e. The fraction of sp³-hybridized carbons (Fsp3) is 0.450. The van der Waals surface area contributed by atoms with E-state index in [0.717, 1.165) is 11.4 Å². The molecule has 3 rings (SSSR count). The number of methoxy groups -OCH3 is 1. The molecule has 0 spiro atoms. The Bertz CT molecular complexity index is 941. The summed E-state index contributed by atoms with van der Waals surface area (Å²) in [4.78, 5) is 14.0. The van der Waals surface area contributed by atoms with Gasteiger partial charge in [-0.3, -0.25) is 0 Å². The van der Waals surface area contributed by atoms with Crippen LogP contribution in [0.1, 0.15) is 52.9 Å². The van der Waals surface area contributed by atoms with Crippen molar-refractivity contribution >= 4 is 31.9 Å². The van der Waals surface area contributed by atoms with E-state index in [1.807, 2.05) is 0 Å². The van der Waals surface area contributed by atoms with Gasteiger partial charge >= 0.3 is 0 Å². The van der Waals surface area contributed by atoms with Crippen LogP contribution in [0.25, 0.3) is 23.2 Å². The SMILES string of the molecule is COc1c(Br)c(-c2nc(C(C)(C)C)co2)nc(-c2nc(C(C)(C)C)co2)c1Br.[Co]. The van der Waals surface area contributed by atoms with Gasteiger partial charge in [0.25, 0.3) is 0 Å². The van der Waals surface area contributed by atoms with E-state index in [1.54, 1.807) is 19.6 Å². The molecule has 29 heavy (non-hydrogen) atoms. The van der Waals surface area contributed by atoms with Crippen LogP contribution in [0.15, 0.2) is 30.3 Å². The fourth-order valence-electron chi connectivity index (χ4n) is 2.44. The Morgan fingerprint density at radius 3 is 1.41 bits per heavy atom. The van der Waals surface area contributed by atoms with Crippen molar-refractivity contribution in [1.29, 1.82) is 0 Å².